The predicted octanol–water partition coefficient (Wildman–Crippen LogP) is -0.180. The zero-order valence-electron chi connectivity index (χ0n) is 10.0. The molecule has 0 spiro atoms. The molecule has 17 heavy (non-hydrogen) atoms. The lowest BCUT2D eigenvalue weighted by molar-refractivity contribution is -0.133. The Hall–Kier alpha value is -1.30. The summed E-state index contributed by atoms with van der Waals surface area (Å²) in [5.41, 5.74) is 5.35. The monoisotopic (exact) mass is 240 g/mol. The number of rotatable bonds is 2. The van der Waals surface area contributed by atoms with Crippen LogP contribution in [0, 0.1) is 0 Å². The van der Waals surface area contributed by atoms with Crippen LogP contribution in [0.4, 0.5) is 0 Å². The van der Waals surface area contributed by atoms with Crippen LogP contribution in [0.5, 0.6) is 0 Å². The highest BCUT2D eigenvalue weighted by Crippen LogP contribution is 2.21. The largest absolute Gasteiger partial charge is 0.409 e. The van der Waals surface area contributed by atoms with E-state index in [-0.39, 0.29) is 18.2 Å². The number of hydrogen-bond donors (Lipinski definition) is 2. The van der Waals surface area contributed by atoms with E-state index < -0.39 is 0 Å². The lowest BCUT2D eigenvalue weighted by Gasteiger charge is -2.44. The maximum atomic E-state index is 11.9. The van der Waals surface area contributed by atoms with Crippen LogP contribution in [0.2, 0.25) is 0 Å². The van der Waals surface area contributed by atoms with Crippen LogP contribution in [-0.2, 0) is 4.79 Å². The number of amides is 1. The molecule has 96 valence electrons. The second-order valence-corrected chi connectivity index (χ2v) is 4.79. The third-order valence-electron chi connectivity index (χ3n) is 3.65. The number of nitrogens with zero attached hydrogens (tertiary/aromatic N) is 3. The summed E-state index contributed by atoms with van der Waals surface area (Å²) in [6, 6.07) is 0.508. The number of piperazine rings is 1. The Kier molecular flexibility index (Phi) is 3.83. The van der Waals surface area contributed by atoms with Gasteiger partial charge in [-0.3, -0.25) is 9.69 Å². The molecule has 0 aromatic rings. The molecule has 2 aliphatic rings. The number of piperidine rings is 1. The molecule has 6 heteroatoms. The van der Waals surface area contributed by atoms with Crippen LogP contribution in [0.3, 0.4) is 0 Å². The van der Waals surface area contributed by atoms with Gasteiger partial charge in [0, 0.05) is 25.7 Å². The van der Waals surface area contributed by atoms with Crippen LogP contribution in [-0.4, -0.2) is 59.0 Å². The van der Waals surface area contributed by atoms with Crippen LogP contribution >= 0.6 is 0 Å². The topological polar surface area (TPSA) is 82.2 Å². The SMILES string of the molecule is NC(CC(=O)N1CCN2CCCCC2C1)=NO. The van der Waals surface area contributed by atoms with E-state index in [0.29, 0.717) is 6.04 Å². The van der Waals surface area contributed by atoms with Crippen LogP contribution in [0.1, 0.15) is 25.7 Å². The highest BCUT2D eigenvalue weighted by atomic mass is 16.4. The standard InChI is InChI=1S/C11H20N4O2/c12-10(13-17)7-11(16)15-6-5-14-4-2-1-3-9(14)8-15/h9,17H,1-8H2,(H2,12,13). The van der Waals surface area contributed by atoms with Gasteiger partial charge >= 0.3 is 0 Å². The molecule has 1 atom stereocenters. The fraction of sp³-hybridized carbons (Fsp3) is 0.818. The lowest BCUT2D eigenvalue weighted by atomic mass is 9.99. The Labute approximate surface area is 101 Å². The van der Waals surface area contributed by atoms with Gasteiger partial charge in [-0.1, -0.05) is 11.6 Å². The quantitative estimate of drug-likeness (QED) is 0.303. The average Bonchev–Trinajstić information content (AvgIpc) is 2.38. The Bertz CT molecular complexity index is 319. The van der Waals surface area contributed by atoms with Gasteiger partial charge in [-0.05, 0) is 19.4 Å². The summed E-state index contributed by atoms with van der Waals surface area (Å²) in [6.45, 7) is 3.66. The first-order valence-corrected chi connectivity index (χ1v) is 6.19. The molecular weight excluding hydrogens is 220 g/mol. The first-order valence-electron chi connectivity index (χ1n) is 6.19. The smallest absolute Gasteiger partial charge is 0.230 e. The van der Waals surface area contributed by atoms with E-state index in [2.05, 4.69) is 10.1 Å². The second-order valence-electron chi connectivity index (χ2n) is 4.79. The van der Waals surface area contributed by atoms with E-state index in [1.54, 1.807) is 0 Å². The normalized spacial score (nSPS) is 26.7. The van der Waals surface area contributed by atoms with Gasteiger partial charge in [0.2, 0.25) is 5.91 Å². The fourth-order valence-electron chi connectivity index (χ4n) is 2.68. The average molecular weight is 240 g/mol. The van der Waals surface area contributed by atoms with Crippen molar-refractivity contribution >= 4 is 11.7 Å². The molecule has 0 saturated carbocycles. The molecule has 2 fully saturated rings. The summed E-state index contributed by atoms with van der Waals surface area (Å²) in [5.74, 6) is -0.0494. The van der Waals surface area contributed by atoms with E-state index in [9.17, 15) is 4.79 Å². The number of nitrogens with two attached hydrogens (primary N) is 1. The second kappa shape index (κ2) is 5.35. The first-order chi connectivity index (χ1) is 8.20. The van der Waals surface area contributed by atoms with Crippen molar-refractivity contribution in [1.82, 2.24) is 9.80 Å². The lowest BCUT2D eigenvalue weighted by Crippen LogP contribution is -2.56. The zero-order chi connectivity index (χ0) is 12.3. The van der Waals surface area contributed by atoms with E-state index in [4.69, 9.17) is 10.9 Å². The van der Waals surface area contributed by atoms with Crippen molar-refractivity contribution in [2.45, 2.75) is 31.7 Å². The summed E-state index contributed by atoms with van der Waals surface area (Å²) in [5, 5.41) is 11.3. The van der Waals surface area contributed by atoms with Gasteiger partial charge < -0.3 is 15.8 Å². The number of carbonyl (C=O) groups is 1. The molecule has 6 nitrogen and oxygen atoms in total. The molecule has 2 heterocycles. The fourth-order valence-corrected chi connectivity index (χ4v) is 2.68. The summed E-state index contributed by atoms with van der Waals surface area (Å²) >= 11 is 0. The highest BCUT2D eigenvalue weighted by Gasteiger charge is 2.30. The van der Waals surface area contributed by atoms with E-state index in [1.165, 1.54) is 19.3 Å². The van der Waals surface area contributed by atoms with E-state index in [1.807, 2.05) is 4.90 Å². The summed E-state index contributed by atoms with van der Waals surface area (Å²) < 4.78 is 0. The van der Waals surface area contributed by atoms with Gasteiger partial charge in [0.1, 0.15) is 5.84 Å². The Morgan fingerprint density at radius 2 is 2.18 bits per heavy atom. The summed E-state index contributed by atoms with van der Waals surface area (Å²) in [6.07, 6.45) is 3.72. The summed E-state index contributed by atoms with van der Waals surface area (Å²) in [4.78, 5) is 16.2. The highest BCUT2D eigenvalue weighted by molar-refractivity contribution is 5.98. The number of amidine groups is 1. The number of carbonyl (C=O) groups excluding carboxylic acids is 1. The Morgan fingerprint density at radius 1 is 1.35 bits per heavy atom. The molecule has 3 N–H and O–H groups in total. The minimum atomic E-state index is -0.0366. The van der Waals surface area contributed by atoms with Crippen LogP contribution in [0.25, 0.3) is 0 Å². The van der Waals surface area contributed by atoms with Gasteiger partial charge in [0.25, 0.3) is 0 Å². The van der Waals surface area contributed by atoms with Gasteiger partial charge in [-0.2, -0.15) is 0 Å². The summed E-state index contributed by atoms with van der Waals surface area (Å²) in [7, 11) is 0. The Balaban J connectivity index is 1.88. The maximum absolute atomic E-state index is 11.9. The van der Waals surface area contributed by atoms with Gasteiger partial charge in [-0.15, -0.1) is 0 Å². The maximum Gasteiger partial charge on any atom is 0.230 e. The molecule has 0 bridgehead atoms. The molecule has 0 aliphatic carbocycles. The number of hydrogen-bond acceptors (Lipinski definition) is 4. The van der Waals surface area contributed by atoms with Crippen molar-refractivity contribution in [3.8, 4) is 0 Å². The number of oxime groups is 1. The Morgan fingerprint density at radius 3 is 2.94 bits per heavy atom. The van der Waals surface area contributed by atoms with Crippen molar-refractivity contribution < 1.29 is 10.0 Å². The van der Waals surface area contributed by atoms with Crippen molar-refractivity contribution in [1.29, 1.82) is 0 Å². The van der Waals surface area contributed by atoms with Crippen molar-refractivity contribution in [2.24, 2.45) is 10.9 Å². The van der Waals surface area contributed by atoms with Gasteiger partial charge in [-0.25, -0.2) is 0 Å². The molecule has 2 rings (SSSR count). The number of fused-ring (bicyclic) bond motifs is 1. The van der Waals surface area contributed by atoms with E-state index >= 15 is 0 Å². The molecule has 0 radical (unpaired) electrons. The van der Waals surface area contributed by atoms with Gasteiger partial charge in [0.05, 0.1) is 6.42 Å². The first kappa shape index (κ1) is 12.2. The van der Waals surface area contributed by atoms with Gasteiger partial charge in [0.15, 0.2) is 0 Å². The molecular formula is C11H20N4O2. The van der Waals surface area contributed by atoms with Crippen molar-refractivity contribution in [2.75, 3.05) is 26.2 Å². The van der Waals surface area contributed by atoms with E-state index in [0.717, 1.165) is 26.2 Å². The zero-order valence-corrected chi connectivity index (χ0v) is 10.0. The van der Waals surface area contributed by atoms with Crippen molar-refractivity contribution in [3.05, 3.63) is 0 Å². The molecule has 2 aliphatic heterocycles. The van der Waals surface area contributed by atoms with Crippen LogP contribution in [0.15, 0.2) is 5.16 Å². The molecule has 1 amide bonds. The molecule has 0 aromatic heterocycles. The molecule has 0 aromatic carbocycles. The third kappa shape index (κ3) is 2.88. The third-order valence-corrected chi connectivity index (χ3v) is 3.65. The van der Waals surface area contributed by atoms with Crippen molar-refractivity contribution in [3.63, 3.8) is 0 Å². The van der Waals surface area contributed by atoms with Crippen LogP contribution < -0.4 is 5.73 Å². The predicted molar refractivity (Wildman–Crippen MR) is 63.8 cm³/mol. The molecule has 2 saturated heterocycles. The minimum Gasteiger partial charge on any atom is -0.409 e. The molecule has 1 unspecified atom stereocenters. The minimum absolute atomic E-state index is 0.0129.